The number of hydrogen-bond donors (Lipinski definition) is 0. The van der Waals surface area contributed by atoms with Gasteiger partial charge in [0, 0.05) is 6.42 Å². The molecule has 0 amide bonds. The molecule has 0 spiro atoms. The molecule has 0 unspecified atom stereocenters. The highest BCUT2D eigenvalue weighted by molar-refractivity contribution is 7.93. The molecule has 1 aromatic carbocycles. The van der Waals surface area contributed by atoms with E-state index < -0.39 is 14.6 Å². The lowest BCUT2D eigenvalue weighted by molar-refractivity contribution is -0.114. The van der Waals surface area contributed by atoms with E-state index in [-0.39, 0.29) is 5.78 Å². The molecule has 1 saturated carbocycles. The van der Waals surface area contributed by atoms with E-state index in [1.807, 2.05) is 6.07 Å². The Kier molecular flexibility index (Phi) is 3.09. The third-order valence-electron chi connectivity index (χ3n) is 4.75. The summed E-state index contributed by atoms with van der Waals surface area (Å²) in [7, 11) is -3.41. The number of hydrogen-bond acceptors (Lipinski definition) is 3. The Morgan fingerprint density at radius 3 is 2.15 bits per heavy atom. The highest BCUT2D eigenvalue weighted by Gasteiger charge is 2.53. The van der Waals surface area contributed by atoms with Gasteiger partial charge in [0.25, 0.3) is 0 Å². The number of Topliss-reactive ketones (excluding diaryl/α,β-unsaturated/α-hetero) is 1. The van der Waals surface area contributed by atoms with Crippen molar-refractivity contribution in [3.63, 3.8) is 0 Å². The van der Waals surface area contributed by atoms with Crippen LogP contribution in [-0.2, 0) is 14.6 Å². The average Bonchev–Trinajstić information content (AvgIpc) is 2.71. The van der Waals surface area contributed by atoms with E-state index in [4.69, 9.17) is 0 Å². The second kappa shape index (κ2) is 4.55. The van der Waals surface area contributed by atoms with Gasteiger partial charge in [-0.2, -0.15) is 0 Å². The lowest BCUT2D eigenvalue weighted by Gasteiger charge is -2.42. The minimum Gasteiger partial charge on any atom is -0.295 e. The largest absolute Gasteiger partial charge is 0.295 e. The van der Waals surface area contributed by atoms with Gasteiger partial charge in [0.2, 0.25) is 0 Å². The average molecular weight is 290 g/mol. The lowest BCUT2D eigenvalue weighted by Crippen LogP contribution is -2.47. The Morgan fingerprint density at radius 1 is 1.05 bits per heavy atom. The molecule has 0 N–H and O–H groups in total. The fraction of sp³-hybridized carbons (Fsp3) is 0.438. The van der Waals surface area contributed by atoms with Gasteiger partial charge >= 0.3 is 0 Å². The van der Waals surface area contributed by atoms with Crippen molar-refractivity contribution in [3.05, 3.63) is 41.5 Å². The second-order valence-corrected chi connectivity index (χ2v) is 7.95. The fourth-order valence-corrected chi connectivity index (χ4v) is 5.78. The molecule has 0 aromatic heterocycles. The fourth-order valence-electron chi connectivity index (χ4n) is 3.41. The van der Waals surface area contributed by atoms with Gasteiger partial charge in [-0.1, -0.05) is 18.2 Å². The van der Waals surface area contributed by atoms with Crippen molar-refractivity contribution >= 4 is 15.6 Å². The second-order valence-electron chi connectivity index (χ2n) is 5.69. The number of sulfone groups is 1. The topological polar surface area (TPSA) is 51.2 Å². The van der Waals surface area contributed by atoms with Crippen molar-refractivity contribution in [1.29, 1.82) is 0 Å². The number of benzene rings is 1. The summed E-state index contributed by atoms with van der Waals surface area (Å²) in [4.78, 5) is 12.2. The molecule has 3 rings (SSSR count). The lowest BCUT2D eigenvalue weighted by atomic mass is 9.77. The van der Waals surface area contributed by atoms with Crippen LogP contribution in [0.1, 0.15) is 39.0 Å². The summed E-state index contributed by atoms with van der Waals surface area (Å²) in [5.41, 5.74) is 1.56. The van der Waals surface area contributed by atoms with Crippen molar-refractivity contribution in [2.75, 3.05) is 0 Å². The Morgan fingerprint density at radius 2 is 1.70 bits per heavy atom. The quantitative estimate of drug-likeness (QED) is 0.859. The van der Waals surface area contributed by atoms with Crippen LogP contribution in [0.5, 0.6) is 0 Å². The normalized spacial score (nSPS) is 21.9. The molecule has 2 aliphatic rings. The van der Waals surface area contributed by atoms with Crippen molar-refractivity contribution in [2.45, 2.75) is 48.7 Å². The van der Waals surface area contributed by atoms with Gasteiger partial charge in [0.1, 0.15) is 0 Å². The summed E-state index contributed by atoms with van der Waals surface area (Å²) in [5.74, 6) is 0.106. The molecular weight excluding hydrogens is 272 g/mol. The molecular formula is C16H18O3S. The smallest absolute Gasteiger partial charge is 0.187 e. The van der Waals surface area contributed by atoms with E-state index in [2.05, 4.69) is 0 Å². The molecule has 20 heavy (non-hydrogen) atoms. The molecule has 0 atom stereocenters. The van der Waals surface area contributed by atoms with Gasteiger partial charge in [0.15, 0.2) is 15.6 Å². The number of carbonyl (C=O) groups is 1. The molecule has 106 valence electrons. The molecule has 0 bridgehead atoms. The molecule has 4 heteroatoms. The molecule has 3 nitrogen and oxygen atoms in total. The molecule has 0 saturated heterocycles. The van der Waals surface area contributed by atoms with Crippen molar-refractivity contribution in [2.24, 2.45) is 0 Å². The highest BCUT2D eigenvalue weighted by Crippen LogP contribution is 2.51. The highest BCUT2D eigenvalue weighted by atomic mass is 32.2. The van der Waals surface area contributed by atoms with Crippen LogP contribution in [-0.4, -0.2) is 18.9 Å². The molecule has 1 aromatic rings. The van der Waals surface area contributed by atoms with E-state index in [0.717, 1.165) is 12.0 Å². The van der Waals surface area contributed by atoms with E-state index in [0.29, 0.717) is 36.2 Å². The predicted octanol–water partition coefficient (Wildman–Crippen LogP) is 3.06. The van der Waals surface area contributed by atoms with E-state index in [9.17, 15) is 13.2 Å². The standard InChI is InChI=1S/C16H18O3S/c1-12-14(8-9-15(12)17)16(10-5-11-16)20(18,19)13-6-3-2-4-7-13/h2-4,6-7H,5,8-11H2,1H3. The Balaban J connectivity index is 2.13. The maximum Gasteiger partial charge on any atom is 0.187 e. The molecule has 0 radical (unpaired) electrons. The maximum atomic E-state index is 13.0. The van der Waals surface area contributed by atoms with Gasteiger partial charge < -0.3 is 0 Å². The summed E-state index contributed by atoms with van der Waals surface area (Å²) in [6.07, 6.45) is 3.27. The molecule has 1 fully saturated rings. The van der Waals surface area contributed by atoms with Crippen molar-refractivity contribution < 1.29 is 13.2 Å². The van der Waals surface area contributed by atoms with E-state index in [1.54, 1.807) is 31.2 Å². The number of carbonyl (C=O) groups excluding carboxylic acids is 1. The van der Waals surface area contributed by atoms with Crippen LogP contribution in [0.2, 0.25) is 0 Å². The predicted molar refractivity (Wildman–Crippen MR) is 77.2 cm³/mol. The third kappa shape index (κ3) is 1.71. The summed E-state index contributed by atoms with van der Waals surface area (Å²) >= 11 is 0. The first-order valence-electron chi connectivity index (χ1n) is 7.02. The van der Waals surface area contributed by atoms with Crippen molar-refractivity contribution in [3.8, 4) is 0 Å². The maximum absolute atomic E-state index is 13.0. The zero-order chi connectivity index (χ0) is 14.4. The Labute approximate surface area is 119 Å². The van der Waals surface area contributed by atoms with E-state index >= 15 is 0 Å². The zero-order valence-electron chi connectivity index (χ0n) is 11.6. The molecule has 2 aliphatic carbocycles. The van der Waals surface area contributed by atoms with Crippen molar-refractivity contribution in [1.82, 2.24) is 0 Å². The van der Waals surface area contributed by atoms with Crippen LogP contribution in [0.4, 0.5) is 0 Å². The third-order valence-corrected chi connectivity index (χ3v) is 7.33. The minimum absolute atomic E-state index is 0.106. The van der Waals surface area contributed by atoms with Gasteiger partial charge in [-0.25, -0.2) is 8.42 Å². The van der Waals surface area contributed by atoms with E-state index in [1.165, 1.54) is 0 Å². The first kappa shape index (κ1) is 13.6. The van der Waals surface area contributed by atoms with Crippen LogP contribution in [0.3, 0.4) is 0 Å². The van der Waals surface area contributed by atoms with Crippen LogP contribution in [0, 0.1) is 0 Å². The number of rotatable bonds is 3. The number of ketones is 1. The first-order chi connectivity index (χ1) is 9.49. The van der Waals surface area contributed by atoms with Crippen LogP contribution >= 0.6 is 0 Å². The SMILES string of the molecule is CC1=C(C2(S(=O)(=O)c3ccccc3)CCC2)CCC1=O. The molecule has 0 heterocycles. The first-order valence-corrected chi connectivity index (χ1v) is 8.50. The monoisotopic (exact) mass is 290 g/mol. The minimum atomic E-state index is -3.41. The Hall–Kier alpha value is -1.42. The summed E-state index contributed by atoms with van der Waals surface area (Å²) in [5, 5.41) is 0. The number of allylic oxidation sites excluding steroid dienone is 1. The van der Waals surface area contributed by atoms with Crippen LogP contribution in [0.25, 0.3) is 0 Å². The van der Waals surface area contributed by atoms with Crippen LogP contribution in [0.15, 0.2) is 46.4 Å². The summed E-state index contributed by atoms with van der Waals surface area (Å²) < 4.78 is 25.2. The van der Waals surface area contributed by atoms with Gasteiger partial charge in [-0.15, -0.1) is 0 Å². The summed E-state index contributed by atoms with van der Waals surface area (Å²) in [6.45, 7) is 1.78. The van der Waals surface area contributed by atoms with Gasteiger partial charge in [-0.05, 0) is 55.9 Å². The zero-order valence-corrected chi connectivity index (χ0v) is 12.4. The van der Waals surface area contributed by atoms with Gasteiger partial charge in [-0.3, -0.25) is 4.79 Å². The van der Waals surface area contributed by atoms with Gasteiger partial charge in [0.05, 0.1) is 9.64 Å². The van der Waals surface area contributed by atoms with Crippen LogP contribution < -0.4 is 0 Å². The molecule has 0 aliphatic heterocycles. The summed E-state index contributed by atoms with van der Waals surface area (Å²) in [6, 6.07) is 8.63. The Bertz CT molecular complexity index is 680.